The van der Waals surface area contributed by atoms with Crippen molar-refractivity contribution in [2.24, 2.45) is 0 Å². The molecule has 170 valence electrons. The summed E-state index contributed by atoms with van der Waals surface area (Å²) in [4.78, 5) is 15.9. The number of hydrogen-bond acceptors (Lipinski definition) is 5. The molecule has 0 N–H and O–H groups in total. The van der Waals surface area contributed by atoms with Crippen molar-refractivity contribution in [2.75, 3.05) is 0 Å². The molecule has 0 spiro atoms. The van der Waals surface area contributed by atoms with E-state index in [-0.39, 0.29) is 35.9 Å². The third kappa shape index (κ3) is 5.85. The molecule has 0 aliphatic heterocycles. The number of para-hydroxylation sites is 1. The van der Waals surface area contributed by atoms with Gasteiger partial charge in [0.15, 0.2) is 0 Å². The summed E-state index contributed by atoms with van der Waals surface area (Å²) in [5.74, 6) is 1.51. The summed E-state index contributed by atoms with van der Waals surface area (Å²) in [6.07, 6.45) is 6.54. The maximum Gasteiger partial charge on any atom is 1.00 e. The largest absolute Gasteiger partial charge is 1.00 e. The van der Waals surface area contributed by atoms with Gasteiger partial charge in [0.25, 0.3) is 10.0 Å². The zero-order valence-corrected chi connectivity index (χ0v) is 20.1. The average Bonchev–Trinajstić information content (AvgIpc) is 3.37. The van der Waals surface area contributed by atoms with E-state index in [0.717, 1.165) is 9.87 Å². The number of carboxylic acids is 1. The van der Waals surface area contributed by atoms with E-state index in [1.165, 1.54) is 18.2 Å². The molecule has 0 aliphatic rings. The number of sulfonamides is 1. The smallest absolute Gasteiger partial charge is 0.545 e. The Morgan fingerprint density at radius 2 is 1.74 bits per heavy atom. The summed E-state index contributed by atoms with van der Waals surface area (Å²) >= 11 is 0. The van der Waals surface area contributed by atoms with E-state index < -0.39 is 16.0 Å². The predicted molar refractivity (Wildman–Crippen MR) is 125 cm³/mol. The van der Waals surface area contributed by atoms with Gasteiger partial charge in [0.2, 0.25) is 0 Å². The minimum absolute atomic E-state index is 0. The van der Waals surface area contributed by atoms with Crippen molar-refractivity contribution in [1.29, 1.82) is 0 Å². The Hall–Kier alpha value is -3.75. The van der Waals surface area contributed by atoms with Crippen LogP contribution in [0.4, 0.5) is 0 Å². The molecule has 0 radical (unpaired) electrons. The first kappa shape index (κ1) is 25.9. The molecule has 4 rings (SSSR count). The van der Waals surface area contributed by atoms with E-state index in [9.17, 15) is 18.3 Å². The van der Waals surface area contributed by atoms with Gasteiger partial charge in [-0.3, -0.25) is 4.98 Å². The van der Waals surface area contributed by atoms with Crippen molar-refractivity contribution in [2.45, 2.75) is 18.4 Å². The molecular weight excluding hydrogens is 457 g/mol. The molecule has 0 bridgehead atoms. The van der Waals surface area contributed by atoms with Crippen LogP contribution in [-0.4, -0.2) is 28.2 Å². The number of carboxylic acid groups (broad SMARTS) is 1. The Morgan fingerprint density at radius 3 is 2.37 bits per heavy atom. The zero-order valence-electron chi connectivity index (χ0n) is 19.3. The zero-order chi connectivity index (χ0) is 24.1. The summed E-state index contributed by atoms with van der Waals surface area (Å²) in [6.45, 7) is 1.84. The molecule has 2 aromatic heterocycles. The second-order valence-electron chi connectivity index (χ2n) is 7.50. The number of hydrogen-bond donors (Lipinski definition) is 0. The standard InChI is InChI=1S/C26H21N3O4S.Li/c1-20-9-11-23(12-10-20)34(32,33)29(19-21-6-5-14-27-18-21)17-13-22-7-4-8-24(26(30)31)25(22)28-15-2-3-16-28;/h2-12,14-16,18H,19H2,1H3,(H,30,31);/q;+1/p-1. The quantitative estimate of drug-likeness (QED) is 0.217. The molecule has 0 saturated heterocycles. The fourth-order valence-corrected chi connectivity index (χ4v) is 4.59. The van der Waals surface area contributed by atoms with Crippen LogP contribution < -0.4 is 24.0 Å². The molecule has 0 saturated carbocycles. The third-order valence-corrected chi connectivity index (χ3v) is 6.76. The number of aromatic carboxylic acids is 1. The molecule has 7 nitrogen and oxygen atoms in total. The molecule has 2 aromatic carbocycles. The van der Waals surface area contributed by atoms with Gasteiger partial charge < -0.3 is 14.5 Å². The number of carbonyl (C=O) groups is 1. The van der Waals surface area contributed by atoms with E-state index in [1.54, 1.807) is 77.9 Å². The van der Waals surface area contributed by atoms with Gasteiger partial charge in [-0.1, -0.05) is 35.9 Å². The molecule has 0 unspecified atom stereocenters. The normalized spacial score (nSPS) is 10.5. The Kier molecular flexibility index (Phi) is 8.21. The molecule has 0 atom stereocenters. The SMILES string of the molecule is Cc1ccc(S(=O)(=O)N(C#Cc2cccc(C(=O)[O-])c2-n2cccc2)Cc2cccnc2)cc1.[Li+]. The molecule has 0 aliphatic carbocycles. The van der Waals surface area contributed by atoms with E-state index in [0.29, 0.717) is 16.8 Å². The molecule has 0 amide bonds. The van der Waals surface area contributed by atoms with Gasteiger partial charge in [-0.25, -0.2) is 12.7 Å². The van der Waals surface area contributed by atoms with Crippen LogP contribution >= 0.6 is 0 Å². The number of nitrogens with zero attached hydrogens (tertiary/aromatic N) is 3. The van der Waals surface area contributed by atoms with Gasteiger partial charge in [0.05, 0.1) is 28.7 Å². The fourth-order valence-electron chi connectivity index (χ4n) is 3.37. The van der Waals surface area contributed by atoms with Gasteiger partial charge in [-0.05, 0) is 54.8 Å². The molecule has 9 heteroatoms. The molecule has 35 heavy (non-hydrogen) atoms. The number of benzene rings is 2. The summed E-state index contributed by atoms with van der Waals surface area (Å²) in [6, 6.07) is 20.8. The Bertz CT molecular complexity index is 1480. The second kappa shape index (κ2) is 11.1. The van der Waals surface area contributed by atoms with Crippen LogP contribution in [0.1, 0.15) is 27.0 Å². The summed E-state index contributed by atoms with van der Waals surface area (Å²) in [7, 11) is -3.98. The van der Waals surface area contributed by atoms with E-state index in [2.05, 4.69) is 16.9 Å². The molecular formula is C26H20LiN3O4S. The van der Waals surface area contributed by atoms with Gasteiger partial charge >= 0.3 is 18.9 Å². The molecule has 4 aromatic rings. The van der Waals surface area contributed by atoms with Gasteiger partial charge in [-0.15, -0.1) is 0 Å². The molecule has 2 heterocycles. The summed E-state index contributed by atoms with van der Waals surface area (Å²) < 4.78 is 29.6. The van der Waals surface area contributed by atoms with Crippen molar-refractivity contribution < 1.29 is 37.2 Å². The van der Waals surface area contributed by atoms with Crippen LogP contribution in [0.2, 0.25) is 0 Å². The average molecular weight is 477 g/mol. The van der Waals surface area contributed by atoms with E-state index in [1.807, 2.05) is 6.92 Å². The van der Waals surface area contributed by atoms with Gasteiger partial charge in [0, 0.05) is 36.4 Å². The van der Waals surface area contributed by atoms with E-state index >= 15 is 0 Å². The van der Waals surface area contributed by atoms with Crippen molar-refractivity contribution in [3.8, 4) is 17.7 Å². The van der Waals surface area contributed by atoms with E-state index in [4.69, 9.17) is 0 Å². The third-order valence-electron chi connectivity index (χ3n) is 5.09. The van der Waals surface area contributed by atoms with Crippen molar-refractivity contribution in [3.63, 3.8) is 0 Å². The van der Waals surface area contributed by atoms with Gasteiger partial charge in [0.1, 0.15) is 0 Å². The first-order valence-electron chi connectivity index (χ1n) is 10.3. The first-order chi connectivity index (χ1) is 16.4. The summed E-state index contributed by atoms with van der Waals surface area (Å²) in [5.41, 5.74) is 2.17. The van der Waals surface area contributed by atoms with Crippen LogP contribution in [0.3, 0.4) is 0 Å². The van der Waals surface area contributed by atoms with Crippen molar-refractivity contribution in [1.82, 2.24) is 13.9 Å². The Morgan fingerprint density at radius 1 is 1.03 bits per heavy atom. The topological polar surface area (TPSA) is 95.3 Å². The number of rotatable bonds is 6. The fraction of sp³-hybridized carbons (Fsp3) is 0.0769. The van der Waals surface area contributed by atoms with Gasteiger partial charge in [-0.2, -0.15) is 0 Å². The number of carbonyl (C=O) groups excluding carboxylic acids is 1. The number of aromatic nitrogens is 2. The van der Waals surface area contributed by atoms with Crippen molar-refractivity contribution in [3.05, 3.63) is 114 Å². The van der Waals surface area contributed by atoms with Crippen LogP contribution in [0, 0.1) is 18.9 Å². The molecule has 0 fully saturated rings. The minimum Gasteiger partial charge on any atom is -0.545 e. The maximum absolute atomic E-state index is 13.5. The van der Waals surface area contributed by atoms with Crippen LogP contribution in [-0.2, 0) is 16.6 Å². The number of pyridine rings is 1. The Balaban J connectivity index is 0.00000342. The van der Waals surface area contributed by atoms with Crippen molar-refractivity contribution >= 4 is 16.0 Å². The predicted octanol–water partition coefficient (Wildman–Crippen LogP) is -0.252. The Labute approximate surface area is 216 Å². The van der Waals surface area contributed by atoms with Crippen LogP contribution in [0.5, 0.6) is 0 Å². The number of aryl methyl sites for hydroxylation is 1. The first-order valence-corrected chi connectivity index (χ1v) is 11.8. The minimum atomic E-state index is -3.98. The van der Waals surface area contributed by atoms with Crippen LogP contribution in [0.15, 0.2) is 96.4 Å². The second-order valence-corrected chi connectivity index (χ2v) is 9.36. The monoisotopic (exact) mass is 477 g/mol. The summed E-state index contributed by atoms with van der Waals surface area (Å²) in [5, 5.41) is 11.7. The van der Waals surface area contributed by atoms with Crippen LogP contribution in [0.25, 0.3) is 5.69 Å². The maximum atomic E-state index is 13.5.